The van der Waals surface area contributed by atoms with Crippen LogP contribution in [-0.2, 0) is 14.8 Å². The number of aryl methyl sites for hydroxylation is 1. The van der Waals surface area contributed by atoms with E-state index in [0.29, 0.717) is 12.1 Å². The van der Waals surface area contributed by atoms with Crippen molar-refractivity contribution in [2.75, 3.05) is 24.2 Å². The molecular weight excluding hydrogens is 491 g/mol. The molecule has 1 atom stereocenters. The minimum absolute atomic E-state index is 0.213. The summed E-state index contributed by atoms with van der Waals surface area (Å²) in [6, 6.07) is 12.5. The molecule has 0 saturated carbocycles. The fraction of sp³-hybridized carbons (Fsp3) is 0.350. The lowest BCUT2D eigenvalue weighted by Crippen LogP contribution is -2.41. The maximum atomic E-state index is 12.6. The molecule has 0 fully saturated rings. The van der Waals surface area contributed by atoms with Gasteiger partial charge in [-0.3, -0.25) is 9.10 Å². The van der Waals surface area contributed by atoms with Gasteiger partial charge in [0.1, 0.15) is 12.3 Å². The first-order valence-corrected chi connectivity index (χ1v) is 11.8. The standard InChI is InChI=1S/C20H25IN2O4S/c1-5-18(15-6-11-19(27-3)14(2)12-15)22-20(24)13-23(28(4,25)26)17-9-7-16(21)8-10-17/h6-12,18H,5,13H2,1-4H3,(H,22,24). The number of amides is 1. The molecule has 8 heteroatoms. The molecule has 0 aliphatic rings. The van der Waals surface area contributed by atoms with Crippen LogP contribution in [0.15, 0.2) is 42.5 Å². The molecule has 0 aliphatic carbocycles. The van der Waals surface area contributed by atoms with E-state index in [0.717, 1.165) is 31.0 Å². The number of nitrogens with zero attached hydrogens (tertiary/aromatic N) is 1. The van der Waals surface area contributed by atoms with Crippen molar-refractivity contribution >= 4 is 44.2 Å². The van der Waals surface area contributed by atoms with Gasteiger partial charge in [0, 0.05) is 3.57 Å². The first kappa shape index (κ1) is 22.5. The van der Waals surface area contributed by atoms with Crippen LogP contribution in [0.25, 0.3) is 0 Å². The van der Waals surface area contributed by atoms with Gasteiger partial charge in [-0.1, -0.05) is 19.1 Å². The summed E-state index contributed by atoms with van der Waals surface area (Å²) < 4.78 is 31.8. The van der Waals surface area contributed by atoms with Crippen LogP contribution in [0.4, 0.5) is 5.69 Å². The van der Waals surface area contributed by atoms with Crippen LogP contribution in [0.2, 0.25) is 0 Å². The van der Waals surface area contributed by atoms with E-state index in [9.17, 15) is 13.2 Å². The molecule has 2 rings (SSSR count). The fourth-order valence-electron chi connectivity index (χ4n) is 2.92. The lowest BCUT2D eigenvalue weighted by Gasteiger charge is -2.24. The van der Waals surface area contributed by atoms with E-state index in [4.69, 9.17) is 4.74 Å². The van der Waals surface area contributed by atoms with Crippen molar-refractivity contribution in [1.29, 1.82) is 0 Å². The molecule has 2 aromatic rings. The summed E-state index contributed by atoms with van der Waals surface area (Å²) in [6.07, 6.45) is 1.78. The van der Waals surface area contributed by atoms with Crippen LogP contribution in [0.1, 0.15) is 30.5 Å². The van der Waals surface area contributed by atoms with Crippen molar-refractivity contribution in [2.24, 2.45) is 0 Å². The van der Waals surface area contributed by atoms with Crippen molar-refractivity contribution in [2.45, 2.75) is 26.3 Å². The number of methoxy groups -OCH3 is 1. The molecule has 6 nitrogen and oxygen atoms in total. The second kappa shape index (κ2) is 9.60. The molecule has 0 aliphatic heterocycles. The largest absolute Gasteiger partial charge is 0.496 e. The van der Waals surface area contributed by atoms with Gasteiger partial charge in [-0.15, -0.1) is 0 Å². The number of rotatable bonds is 8. The highest BCUT2D eigenvalue weighted by atomic mass is 127. The van der Waals surface area contributed by atoms with E-state index in [1.807, 2.05) is 32.0 Å². The zero-order valence-electron chi connectivity index (χ0n) is 16.4. The number of benzene rings is 2. The Morgan fingerprint density at radius 1 is 1.21 bits per heavy atom. The van der Waals surface area contributed by atoms with Gasteiger partial charge in [0.2, 0.25) is 15.9 Å². The second-order valence-corrected chi connectivity index (χ2v) is 9.66. The Morgan fingerprint density at radius 3 is 2.36 bits per heavy atom. The Balaban J connectivity index is 2.18. The van der Waals surface area contributed by atoms with Crippen LogP contribution in [0.3, 0.4) is 0 Å². The molecule has 0 radical (unpaired) electrons. The van der Waals surface area contributed by atoms with Gasteiger partial charge in [0.05, 0.1) is 25.1 Å². The summed E-state index contributed by atoms with van der Waals surface area (Å²) in [6.45, 7) is 3.64. The van der Waals surface area contributed by atoms with Crippen LogP contribution in [0.5, 0.6) is 5.75 Å². The van der Waals surface area contributed by atoms with E-state index in [1.54, 1.807) is 31.4 Å². The third-order valence-corrected chi connectivity index (χ3v) is 6.23. The summed E-state index contributed by atoms with van der Waals surface area (Å²) in [5.41, 5.74) is 2.39. The fourth-order valence-corrected chi connectivity index (χ4v) is 4.13. The lowest BCUT2D eigenvalue weighted by atomic mass is 10.0. The maximum Gasteiger partial charge on any atom is 0.241 e. The first-order chi connectivity index (χ1) is 13.2. The minimum Gasteiger partial charge on any atom is -0.496 e. The molecule has 0 heterocycles. The normalized spacial score (nSPS) is 12.3. The van der Waals surface area contributed by atoms with Crippen LogP contribution in [0, 0.1) is 10.5 Å². The molecule has 1 unspecified atom stereocenters. The smallest absolute Gasteiger partial charge is 0.241 e. The predicted molar refractivity (Wildman–Crippen MR) is 120 cm³/mol. The number of sulfonamides is 1. The highest BCUT2D eigenvalue weighted by Gasteiger charge is 2.22. The average molecular weight is 516 g/mol. The topological polar surface area (TPSA) is 75.7 Å². The summed E-state index contributed by atoms with van der Waals surface area (Å²) in [5.74, 6) is 0.427. The van der Waals surface area contributed by atoms with Crippen molar-refractivity contribution < 1.29 is 17.9 Å². The van der Waals surface area contributed by atoms with Crippen molar-refractivity contribution in [3.63, 3.8) is 0 Å². The Bertz CT molecular complexity index is 930. The molecule has 0 spiro atoms. The molecule has 1 amide bonds. The maximum absolute atomic E-state index is 12.6. The third-order valence-electron chi connectivity index (χ3n) is 4.37. The monoisotopic (exact) mass is 516 g/mol. The molecule has 1 N–H and O–H groups in total. The van der Waals surface area contributed by atoms with Gasteiger partial charge in [0.25, 0.3) is 0 Å². The zero-order chi connectivity index (χ0) is 20.9. The van der Waals surface area contributed by atoms with Crippen LogP contribution >= 0.6 is 22.6 Å². The van der Waals surface area contributed by atoms with Gasteiger partial charge in [-0.2, -0.15) is 0 Å². The SMILES string of the molecule is CCC(NC(=O)CN(c1ccc(I)cc1)S(C)(=O)=O)c1ccc(OC)c(C)c1. The summed E-state index contributed by atoms with van der Waals surface area (Å²) in [7, 11) is -1.98. The third kappa shape index (κ3) is 5.84. The molecule has 0 aromatic heterocycles. The average Bonchev–Trinajstić information content (AvgIpc) is 2.64. The van der Waals surface area contributed by atoms with Crippen LogP contribution in [-0.4, -0.2) is 34.2 Å². The van der Waals surface area contributed by atoms with Gasteiger partial charge in [-0.05, 0) is 77.4 Å². The van der Waals surface area contributed by atoms with Crippen molar-refractivity contribution in [3.05, 3.63) is 57.2 Å². The van der Waals surface area contributed by atoms with Gasteiger partial charge in [0.15, 0.2) is 0 Å². The summed E-state index contributed by atoms with van der Waals surface area (Å²) in [4.78, 5) is 12.6. The molecule has 2 aromatic carbocycles. The Labute approximate surface area is 180 Å². The molecule has 152 valence electrons. The van der Waals surface area contributed by atoms with Gasteiger partial charge in [-0.25, -0.2) is 8.42 Å². The van der Waals surface area contributed by atoms with Crippen molar-refractivity contribution in [1.82, 2.24) is 5.32 Å². The highest BCUT2D eigenvalue weighted by molar-refractivity contribution is 14.1. The Kier molecular flexibility index (Phi) is 7.70. The van der Waals surface area contributed by atoms with E-state index in [1.165, 1.54) is 0 Å². The summed E-state index contributed by atoms with van der Waals surface area (Å²) >= 11 is 2.15. The minimum atomic E-state index is -3.60. The number of ether oxygens (including phenoxy) is 1. The Morgan fingerprint density at radius 2 is 1.86 bits per heavy atom. The molecule has 28 heavy (non-hydrogen) atoms. The lowest BCUT2D eigenvalue weighted by molar-refractivity contribution is -0.120. The summed E-state index contributed by atoms with van der Waals surface area (Å²) in [5, 5.41) is 2.94. The first-order valence-electron chi connectivity index (χ1n) is 8.83. The Hall–Kier alpha value is -1.81. The number of hydrogen-bond donors (Lipinski definition) is 1. The number of nitrogens with one attached hydrogen (secondary N) is 1. The van der Waals surface area contributed by atoms with Gasteiger partial charge < -0.3 is 10.1 Å². The van der Waals surface area contributed by atoms with E-state index in [2.05, 4.69) is 27.9 Å². The number of hydrogen-bond acceptors (Lipinski definition) is 4. The molecule has 0 saturated heterocycles. The number of carbonyl (C=O) groups is 1. The van der Waals surface area contributed by atoms with Gasteiger partial charge >= 0.3 is 0 Å². The molecule has 0 bridgehead atoms. The van der Waals surface area contributed by atoms with E-state index in [-0.39, 0.29) is 18.5 Å². The van der Waals surface area contributed by atoms with Crippen LogP contribution < -0.4 is 14.4 Å². The number of carbonyl (C=O) groups excluding carboxylic acids is 1. The highest BCUT2D eigenvalue weighted by Crippen LogP contribution is 2.24. The number of anilines is 1. The van der Waals surface area contributed by atoms with E-state index >= 15 is 0 Å². The zero-order valence-corrected chi connectivity index (χ0v) is 19.4. The van der Waals surface area contributed by atoms with Crippen molar-refractivity contribution in [3.8, 4) is 5.75 Å². The quantitative estimate of drug-likeness (QED) is 0.544. The second-order valence-electron chi connectivity index (χ2n) is 6.50. The predicted octanol–water partition coefficient (Wildman–Crippen LogP) is 3.64. The van der Waals surface area contributed by atoms with E-state index < -0.39 is 10.0 Å². The molecular formula is C20H25IN2O4S. The number of halogens is 1.